The Hall–Kier alpha value is -2.00. The lowest BCUT2D eigenvalue weighted by molar-refractivity contribution is 0.361. The van der Waals surface area contributed by atoms with Crippen LogP contribution in [0.4, 0.5) is 0 Å². The van der Waals surface area contributed by atoms with E-state index >= 15 is 0 Å². The van der Waals surface area contributed by atoms with Crippen molar-refractivity contribution < 1.29 is 22.8 Å². The Bertz CT molecular complexity index is 1230. The molecule has 4 N–H and O–H groups in total. The molecule has 0 radical (unpaired) electrons. The molecular formula is C15H12ClN2O6PS. The maximum absolute atomic E-state index is 11.8. The second kappa shape index (κ2) is 6.31. The summed E-state index contributed by atoms with van der Waals surface area (Å²) < 4.78 is 34.7. The zero-order valence-corrected chi connectivity index (χ0v) is 15.4. The van der Waals surface area contributed by atoms with E-state index in [0.29, 0.717) is 20.9 Å². The van der Waals surface area contributed by atoms with Gasteiger partial charge in [0.15, 0.2) is 0 Å². The Morgan fingerprint density at radius 3 is 2.19 bits per heavy atom. The van der Waals surface area contributed by atoms with Gasteiger partial charge in [0.05, 0.1) is 15.4 Å². The van der Waals surface area contributed by atoms with Gasteiger partial charge in [-0.25, -0.2) is 22.5 Å². The van der Waals surface area contributed by atoms with E-state index in [1.165, 1.54) is 36.4 Å². The predicted molar refractivity (Wildman–Crippen MR) is 97.5 cm³/mol. The van der Waals surface area contributed by atoms with Gasteiger partial charge in [0, 0.05) is 11.6 Å². The van der Waals surface area contributed by atoms with Gasteiger partial charge in [0.25, 0.3) is 5.56 Å². The van der Waals surface area contributed by atoms with Crippen molar-refractivity contribution in [1.29, 1.82) is 0 Å². The van der Waals surface area contributed by atoms with Crippen molar-refractivity contribution in [2.75, 3.05) is 0 Å². The largest absolute Gasteiger partial charge is 0.437 e. The van der Waals surface area contributed by atoms with Crippen LogP contribution in [0.5, 0.6) is 0 Å². The van der Waals surface area contributed by atoms with Crippen LogP contribution in [0.3, 0.4) is 0 Å². The molecule has 0 fully saturated rings. The molecule has 8 nitrogen and oxygen atoms in total. The minimum atomic E-state index is -4.87. The van der Waals surface area contributed by atoms with Gasteiger partial charge in [0.2, 0.25) is 10.0 Å². The number of benzene rings is 2. The zero-order valence-electron chi connectivity index (χ0n) is 12.9. The van der Waals surface area contributed by atoms with Crippen LogP contribution < -0.4 is 10.7 Å². The third-order valence-corrected chi connectivity index (χ3v) is 5.89. The maximum atomic E-state index is 11.8. The Balaban J connectivity index is 2.24. The monoisotopic (exact) mass is 414 g/mol. The Morgan fingerprint density at radius 2 is 1.65 bits per heavy atom. The number of primary sulfonamides is 1. The number of aromatic nitrogens is 1. The van der Waals surface area contributed by atoms with Crippen molar-refractivity contribution in [3.05, 3.63) is 63.9 Å². The molecular weight excluding hydrogens is 403 g/mol. The fraction of sp³-hybridized carbons (Fsp3) is 0. The van der Waals surface area contributed by atoms with Gasteiger partial charge in [0.1, 0.15) is 0 Å². The summed E-state index contributed by atoms with van der Waals surface area (Å²) in [5.41, 5.74) is 0.196. The molecule has 0 saturated carbocycles. The molecule has 0 aliphatic rings. The average Bonchev–Trinajstić information content (AvgIpc) is 2.52. The van der Waals surface area contributed by atoms with Gasteiger partial charge in [-0.2, -0.15) is 0 Å². The van der Waals surface area contributed by atoms with Crippen molar-refractivity contribution >= 4 is 40.3 Å². The molecule has 0 atom stereocenters. The van der Waals surface area contributed by atoms with E-state index in [1.54, 1.807) is 6.07 Å². The number of hydrogen-bond donors (Lipinski definition) is 3. The summed E-state index contributed by atoms with van der Waals surface area (Å²) in [5.74, 6) is 0. The summed E-state index contributed by atoms with van der Waals surface area (Å²) in [6.45, 7) is 0. The number of nitrogens with two attached hydrogens (primary N) is 1. The summed E-state index contributed by atoms with van der Waals surface area (Å²) in [5, 5.41) is 5.57. The molecule has 0 bridgehead atoms. The molecule has 1 heterocycles. The average molecular weight is 415 g/mol. The first-order chi connectivity index (χ1) is 12.0. The predicted octanol–water partition coefficient (Wildman–Crippen LogP) is 1.91. The zero-order chi connectivity index (χ0) is 19.3. The van der Waals surface area contributed by atoms with Crippen LogP contribution in [0.25, 0.3) is 22.0 Å². The van der Waals surface area contributed by atoms with Crippen molar-refractivity contribution in [3.8, 4) is 11.1 Å². The third-order valence-electron chi connectivity index (χ3n) is 3.71. The number of rotatable bonds is 3. The Kier molecular flexibility index (Phi) is 4.56. The summed E-state index contributed by atoms with van der Waals surface area (Å²) in [6, 6.07) is 10.9. The fourth-order valence-corrected chi connectivity index (χ4v) is 4.12. The molecule has 1 aromatic heterocycles. The first-order valence-corrected chi connectivity index (χ1v) is 10.5. The molecule has 0 spiro atoms. The van der Waals surface area contributed by atoms with Crippen molar-refractivity contribution in [2.24, 2.45) is 5.14 Å². The summed E-state index contributed by atoms with van der Waals surface area (Å²) in [7, 11) is -8.70. The molecule has 11 heteroatoms. The highest BCUT2D eigenvalue weighted by Crippen LogP contribution is 2.40. The molecule has 0 amide bonds. The van der Waals surface area contributed by atoms with Crippen LogP contribution in [-0.2, 0) is 14.6 Å². The second-order valence-electron chi connectivity index (χ2n) is 5.46. The van der Waals surface area contributed by atoms with Gasteiger partial charge >= 0.3 is 7.75 Å². The summed E-state index contributed by atoms with van der Waals surface area (Å²) >= 11 is 6.23. The highest BCUT2D eigenvalue weighted by atomic mass is 35.5. The molecule has 2 aromatic carbocycles. The Labute approximate surface area is 152 Å². The highest BCUT2D eigenvalue weighted by Gasteiger charge is 2.22. The standard InChI is InChI=1S/C15H12ClN2O6PS/c16-13-8-14-10(3-6-15(19)18(14)25(20,21)22)7-12(13)9-1-4-11(5-2-9)26(17,23)24/h1-8H,(H2,17,23,24)(H2,20,21,22). The number of nitrogens with zero attached hydrogens (tertiary/aromatic N) is 1. The number of pyridine rings is 1. The van der Waals surface area contributed by atoms with Crippen LogP contribution in [-0.4, -0.2) is 22.5 Å². The lowest BCUT2D eigenvalue weighted by Gasteiger charge is -2.13. The number of sulfonamides is 1. The van der Waals surface area contributed by atoms with E-state index in [2.05, 4.69) is 0 Å². The van der Waals surface area contributed by atoms with Crippen molar-refractivity contribution in [3.63, 3.8) is 0 Å². The quantitative estimate of drug-likeness (QED) is 0.559. The first-order valence-electron chi connectivity index (χ1n) is 7.03. The molecule has 0 aliphatic heterocycles. The maximum Gasteiger partial charge on any atom is 0.437 e. The summed E-state index contributed by atoms with van der Waals surface area (Å²) in [6.07, 6.45) is 0. The number of fused-ring (bicyclic) bond motifs is 1. The molecule has 3 aromatic rings. The molecule has 0 unspecified atom stereocenters. The minimum absolute atomic E-state index is 0.0132. The molecule has 0 aliphatic carbocycles. The van der Waals surface area contributed by atoms with Gasteiger partial charge in [-0.1, -0.05) is 23.7 Å². The SMILES string of the molecule is NS(=O)(=O)c1ccc(-c2cc3ccc(=O)n(P(=O)(O)O)c3cc2Cl)cc1. The van der Waals surface area contributed by atoms with Crippen LogP contribution in [0, 0.1) is 0 Å². The van der Waals surface area contributed by atoms with E-state index in [-0.39, 0.29) is 15.4 Å². The molecule has 136 valence electrons. The molecule has 3 rings (SSSR count). The van der Waals surface area contributed by atoms with Gasteiger partial charge in [-0.3, -0.25) is 4.79 Å². The van der Waals surface area contributed by atoms with E-state index in [1.807, 2.05) is 0 Å². The van der Waals surface area contributed by atoms with Gasteiger partial charge in [-0.05, 0) is 41.3 Å². The fourth-order valence-electron chi connectivity index (χ4n) is 2.56. The minimum Gasteiger partial charge on any atom is -0.308 e. The molecule has 26 heavy (non-hydrogen) atoms. The van der Waals surface area contributed by atoms with Crippen LogP contribution in [0.15, 0.2) is 58.2 Å². The lowest BCUT2D eigenvalue weighted by atomic mass is 10.0. The van der Waals surface area contributed by atoms with Crippen LogP contribution in [0.1, 0.15) is 0 Å². The van der Waals surface area contributed by atoms with E-state index in [4.69, 9.17) is 16.7 Å². The van der Waals surface area contributed by atoms with E-state index in [0.717, 1.165) is 6.07 Å². The van der Waals surface area contributed by atoms with E-state index < -0.39 is 23.3 Å². The third kappa shape index (κ3) is 3.45. The van der Waals surface area contributed by atoms with Crippen LogP contribution in [0.2, 0.25) is 5.02 Å². The normalized spacial score (nSPS) is 12.5. The second-order valence-corrected chi connectivity index (χ2v) is 8.85. The van der Waals surface area contributed by atoms with Crippen LogP contribution >= 0.6 is 19.3 Å². The van der Waals surface area contributed by atoms with Gasteiger partial charge < -0.3 is 9.79 Å². The smallest absolute Gasteiger partial charge is 0.308 e. The number of halogens is 1. The first kappa shape index (κ1) is 18.8. The van der Waals surface area contributed by atoms with Crippen molar-refractivity contribution in [2.45, 2.75) is 4.90 Å². The lowest BCUT2D eigenvalue weighted by Crippen LogP contribution is -2.17. The molecule has 0 saturated heterocycles. The Morgan fingerprint density at radius 1 is 1.04 bits per heavy atom. The van der Waals surface area contributed by atoms with Crippen molar-refractivity contribution in [1.82, 2.24) is 4.34 Å². The highest BCUT2D eigenvalue weighted by molar-refractivity contribution is 7.89. The van der Waals surface area contributed by atoms with Gasteiger partial charge in [-0.15, -0.1) is 0 Å². The topological polar surface area (TPSA) is 140 Å². The van der Waals surface area contributed by atoms with E-state index in [9.17, 15) is 27.6 Å². The summed E-state index contributed by atoms with van der Waals surface area (Å²) in [4.78, 5) is 30.6. The number of hydrogen-bond acceptors (Lipinski definition) is 4.